The molecule has 4 aromatic heterocycles. The predicted molar refractivity (Wildman–Crippen MR) is 108 cm³/mol. The molecular formula is C21H18FN7. The summed E-state index contributed by atoms with van der Waals surface area (Å²) in [7, 11) is 0. The van der Waals surface area contributed by atoms with Crippen molar-refractivity contribution < 1.29 is 4.39 Å². The molecule has 0 bridgehead atoms. The van der Waals surface area contributed by atoms with Gasteiger partial charge in [0.25, 0.3) is 0 Å². The molecule has 0 fully saturated rings. The first-order valence-electron chi connectivity index (χ1n) is 9.39. The second-order valence-electron chi connectivity index (χ2n) is 6.95. The molecule has 0 saturated carbocycles. The number of allylic oxidation sites excluding steroid dienone is 1. The molecule has 7 nitrogen and oxygen atoms in total. The minimum atomic E-state index is -0.426. The van der Waals surface area contributed by atoms with Gasteiger partial charge in [-0.1, -0.05) is 12.1 Å². The topological polar surface area (TPSA) is 80.9 Å². The van der Waals surface area contributed by atoms with Gasteiger partial charge in [-0.15, -0.1) is 0 Å². The minimum absolute atomic E-state index is 0.405. The third-order valence-electron chi connectivity index (χ3n) is 4.95. The van der Waals surface area contributed by atoms with Crippen LogP contribution in [0.15, 0.2) is 49.1 Å². The van der Waals surface area contributed by atoms with Crippen LogP contribution < -0.4 is 5.32 Å². The van der Waals surface area contributed by atoms with Gasteiger partial charge in [0.15, 0.2) is 11.5 Å². The Kier molecular flexibility index (Phi) is 4.23. The van der Waals surface area contributed by atoms with E-state index < -0.39 is 5.82 Å². The van der Waals surface area contributed by atoms with Crippen LogP contribution in [-0.2, 0) is 6.42 Å². The zero-order valence-electron chi connectivity index (χ0n) is 15.8. The molecule has 8 heteroatoms. The highest BCUT2D eigenvalue weighted by Gasteiger charge is 2.16. The average Bonchev–Trinajstić information content (AvgIpc) is 3.32. The van der Waals surface area contributed by atoms with Crippen LogP contribution in [0, 0.1) is 12.7 Å². The molecule has 0 spiro atoms. The Balaban J connectivity index is 1.42. The van der Waals surface area contributed by atoms with E-state index in [1.807, 2.05) is 19.2 Å². The molecule has 0 aromatic carbocycles. The fourth-order valence-electron chi connectivity index (χ4n) is 3.52. The van der Waals surface area contributed by atoms with E-state index in [1.54, 1.807) is 16.9 Å². The molecule has 1 aliphatic carbocycles. The molecule has 4 heterocycles. The number of pyridine rings is 2. The fourth-order valence-corrected chi connectivity index (χ4v) is 3.52. The summed E-state index contributed by atoms with van der Waals surface area (Å²) in [6.07, 6.45) is 10.2. The highest BCUT2D eigenvalue weighted by atomic mass is 19.1. The van der Waals surface area contributed by atoms with Crippen molar-refractivity contribution in [2.75, 3.05) is 11.9 Å². The van der Waals surface area contributed by atoms with Crippen molar-refractivity contribution >= 4 is 17.2 Å². The van der Waals surface area contributed by atoms with Crippen molar-refractivity contribution in [3.63, 3.8) is 0 Å². The van der Waals surface area contributed by atoms with Crippen LogP contribution >= 0.6 is 0 Å². The molecule has 0 atom stereocenters. The summed E-state index contributed by atoms with van der Waals surface area (Å²) in [5.41, 5.74) is 5.67. The van der Waals surface area contributed by atoms with E-state index in [1.165, 1.54) is 17.2 Å². The monoisotopic (exact) mass is 387 g/mol. The molecule has 1 aliphatic rings. The number of rotatable bonds is 5. The second kappa shape index (κ2) is 7.05. The van der Waals surface area contributed by atoms with Gasteiger partial charge in [0.05, 0.1) is 18.1 Å². The number of anilines is 1. The molecule has 5 rings (SSSR count). The molecule has 0 radical (unpaired) electrons. The maximum atomic E-state index is 13.6. The summed E-state index contributed by atoms with van der Waals surface area (Å²) >= 11 is 0. The first-order chi connectivity index (χ1) is 14.2. The summed E-state index contributed by atoms with van der Waals surface area (Å²) in [6, 6.07) is 5.45. The number of fused-ring (bicyclic) bond motifs is 2. The van der Waals surface area contributed by atoms with Crippen molar-refractivity contribution in [1.29, 1.82) is 0 Å². The van der Waals surface area contributed by atoms with E-state index in [0.717, 1.165) is 30.3 Å². The standard InChI is InChI=1S/C21H18FN7/c1-13-10-26-29-20(13)27-19(16-9-17(22)12-23-11-16)28-21(29)25-8-6-15-5-4-14-3-2-7-24-18(14)15/h2-3,5,7,9-12H,4,6,8H2,1H3,(H,25,27,28). The smallest absolute Gasteiger partial charge is 0.227 e. The van der Waals surface area contributed by atoms with Gasteiger partial charge >= 0.3 is 0 Å². The Bertz CT molecular complexity index is 1250. The van der Waals surface area contributed by atoms with Gasteiger partial charge in [-0.25, -0.2) is 9.37 Å². The molecule has 0 aliphatic heterocycles. The maximum Gasteiger partial charge on any atom is 0.227 e. The number of hydrogen-bond donors (Lipinski definition) is 1. The zero-order valence-corrected chi connectivity index (χ0v) is 15.8. The second-order valence-corrected chi connectivity index (χ2v) is 6.95. The van der Waals surface area contributed by atoms with Gasteiger partial charge in [-0.2, -0.15) is 14.6 Å². The van der Waals surface area contributed by atoms with Crippen LogP contribution in [0.1, 0.15) is 23.2 Å². The van der Waals surface area contributed by atoms with Crippen LogP contribution in [0.5, 0.6) is 0 Å². The number of nitrogens with one attached hydrogen (secondary N) is 1. The number of hydrogen-bond acceptors (Lipinski definition) is 6. The average molecular weight is 387 g/mol. The largest absolute Gasteiger partial charge is 0.354 e. The molecule has 1 N–H and O–H groups in total. The van der Waals surface area contributed by atoms with Crippen LogP contribution in [0.25, 0.3) is 22.6 Å². The van der Waals surface area contributed by atoms with Gasteiger partial charge < -0.3 is 5.32 Å². The van der Waals surface area contributed by atoms with Crippen LogP contribution in [0.4, 0.5) is 10.3 Å². The lowest BCUT2D eigenvalue weighted by molar-refractivity contribution is 0.622. The van der Waals surface area contributed by atoms with E-state index in [9.17, 15) is 4.39 Å². The molecule has 0 unspecified atom stereocenters. The number of aryl methyl sites for hydroxylation is 1. The lowest BCUT2D eigenvalue weighted by Gasteiger charge is -2.10. The van der Waals surface area contributed by atoms with Crippen molar-refractivity contribution in [2.45, 2.75) is 19.8 Å². The zero-order chi connectivity index (χ0) is 19.8. The van der Waals surface area contributed by atoms with Crippen LogP contribution in [-0.4, -0.2) is 36.1 Å². The first-order valence-corrected chi connectivity index (χ1v) is 9.39. The van der Waals surface area contributed by atoms with Gasteiger partial charge in [-0.05, 0) is 43.0 Å². The molecule has 4 aromatic rings. The quantitative estimate of drug-likeness (QED) is 0.565. The summed E-state index contributed by atoms with van der Waals surface area (Å²) in [5.74, 6) is 0.537. The molecule has 29 heavy (non-hydrogen) atoms. The number of halogens is 1. The Morgan fingerprint density at radius 2 is 2.14 bits per heavy atom. The van der Waals surface area contributed by atoms with Crippen molar-refractivity contribution in [2.24, 2.45) is 0 Å². The highest BCUT2D eigenvalue weighted by Crippen LogP contribution is 2.27. The Morgan fingerprint density at radius 1 is 1.21 bits per heavy atom. The lowest BCUT2D eigenvalue weighted by atomic mass is 10.1. The summed E-state index contributed by atoms with van der Waals surface area (Å²) in [5, 5.41) is 7.72. The molecule has 0 saturated heterocycles. The summed E-state index contributed by atoms with van der Waals surface area (Å²) < 4.78 is 15.3. The van der Waals surface area contributed by atoms with Crippen molar-refractivity contribution in [3.8, 4) is 11.4 Å². The maximum absolute atomic E-state index is 13.6. The van der Waals surface area contributed by atoms with Gasteiger partial charge in [0.2, 0.25) is 5.95 Å². The SMILES string of the molecule is Cc1cnn2c(NCCC3=CCc4cccnc43)nc(-c3cncc(F)c3)nc12. The fraction of sp³-hybridized carbons (Fsp3) is 0.190. The van der Waals surface area contributed by atoms with E-state index in [4.69, 9.17) is 0 Å². The van der Waals surface area contributed by atoms with Crippen molar-refractivity contribution in [3.05, 3.63) is 71.7 Å². The van der Waals surface area contributed by atoms with E-state index in [-0.39, 0.29) is 0 Å². The number of nitrogens with zero attached hydrogens (tertiary/aromatic N) is 6. The third-order valence-corrected chi connectivity index (χ3v) is 4.95. The lowest BCUT2D eigenvalue weighted by Crippen LogP contribution is -2.11. The normalized spacial score (nSPS) is 12.8. The van der Waals surface area contributed by atoms with Crippen LogP contribution in [0.3, 0.4) is 0 Å². The third kappa shape index (κ3) is 3.22. The van der Waals surface area contributed by atoms with Gasteiger partial charge in [0, 0.05) is 30.1 Å². The summed E-state index contributed by atoms with van der Waals surface area (Å²) in [4.78, 5) is 17.5. The Hall–Kier alpha value is -3.68. The van der Waals surface area contributed by atoms with E-state index >= 15 is 0 Å². The van der Waals surface area contributed by atoms with E-state index in [0.29, 0.717) is 29.5 Å². The van der Waals surface area contributed by atoms with Crippen LogP contribution in [0.2, 0.25) is 0 Å². The molecular weight excluding hydrogens is 369 g/mol. The highest BCUT2D eigenvalue weighted by molar-refractivity contribution is 5.70. The molecule has 144 valence electrons. The summed E-state index contributed by atoms with van der Waals surface area (Å²) in [6.45, 7) is 2.59. The predicted octanol–water partition coefficient (Wildman–Crippen LogP) is 3.47. The van der Waals surface area contributed by atoms with E-state index in [2.05, 4.69) is 42.5 Å². The van der Waals surface area contributed by atoms with Gasteiger partial charge in [-0.3, -0.25) is 9.97 Å². The van der Waals surface area contributed by atoms with Crippen molar-refractivity contribution in [1.82, 2.24) is 29.5 Å². The first kappa shape index (κ1) is 17.4. The number of aromatic nitrogens is 6. The Morgan fingerprint density at radius 3 is 3.03 bits per heavy atom. The Labute approximate surface area is 166 Å². The van der Waals surface area contributed by atoms with Gasteiger partial charge in [0.1, 0.15) is 5.82 Å². The minimum Gasteiger partial charge on any atom is -0.354 e. The molecule has 0 amide bonds.